The molecule has 1 aromatic heterocycles. The first-order valence-electron chi connectivity index (χ1n) is 8.14. The summed E-state index contributed by atoms with van der Waals surface area (Å²) < 4.78 is 2.01. The number of hydrogen-bond acceptors (Lipinski definition) is 5. The van der Waals surface area contributed by atoms with Crippen molar-refractivity contribution in [1.29, 1.82) is 0 Å². The summed E-state index contributed by atoms with van der Waals surface area (Å²) in [5, 5.41) is 8.03. The van der Waals surface area contributed by atoms with Crippen molar-refractivity contribution in [2.45, 2.75) is 45.3 Å². The summed E-state index contributed by atoms with van der Waals surface area (Å²) in [5.41, 5.74) is 0. The third-order valence-electron chi connectivity index (χ3n) is 4.42. The zero-order chi connectivity index (χ0) is 15.2. The monoisotopic (exact) mass is 294 g/mol. The van der Waals surface area contributed by atoms with Crippen LogP contribution in [0.1, 0.15) is 26.1 Å². The van der Waals surface area contributed by atoms with E-state index in [0.717, 1.165) is 51.4 Å². The van der Waals surface area contributed by atoms with Gasteiger partial charge in [0, 0.05) is 44.7 Å². The van der Waals surface area contributed by atoms with Crippen LogP contribution in [0, 0.1) is 0 Å². The number of piperazine rings is 1. The van der Waals surface area contributed by atoms with Crippen molar-refractivity contribution < 1.29 is 0 Å². The SMILES string of the molecule is CCCNC(Cc1ncnn1CC)C1CN(C)CCN1C. The molecule has 0 saturated carbocycles. The summed E-state index contributed by atoms with van der Waals surface area (Å²) in [4.78, 5) is 9.37. The lowest BCUT2D eigenvalue weighted by Crippen LogP contribution is -2.59. The Morgan fingerprint density at radius 2 is 2.14 bits per heavy atom. The standard InChI is InChI=1S/C15H30N6/c1-5-7-16-13(10-15-17-12-18-21(15)6-2)14-11-19(3)8-9-20(14)4/h12-14,16H,5-11H2,1-4H3. The largest absolute Gasteiger partial charge is 0.312 e. The Hall–Kier alpha value is -0.980. The van der Waals surface area contributed by atoms with Gasteiger partial charge in [0.1, 0.15) is 12.2 Å². The Morgan fingerprint density at radius 3 is 2.86 bits per heavy atom. The van der Waals surface area contributed by atoms with Crippen LogP contribution in [0.3, 0.4) is 0 Å². The topological polar surface area (TPSA) is 49.2 Å². The maximum atomic E-state index is 4.45. The average Bonchev–Trinajstić information content (AvgIpc) is 2.93. The highest BCUT2D eigenvalue weighted by Crippen LogP contribution is 2.14. The van der Waals surface area contributed by atoms with Gasteiger partial charge in [-0.15, -0.1) is 0 Å². The molecule has 0 aromatic carbocycles. The van der Waals surface area contributed by atoms with Crippen molar-refractivity contribution in [3.05, 3.63) is 12.2 Å². The highest BCUT2D eigenvalue weighted by atomic mass is 15.3. The fourth-order valence-electron chi connectivity index (χ4n) is 3.06. The van der Waals surface area contributed by atoms with Crippen LogP contribution in [-0.4, -0.2) is 76.9 Å². The number of rotatable bonds is 7. The summed E-state index contributed by atoms with van der Waals surface area (Å²) in [5.74, 6) is 1.09. The van der Waals surface area contributed by atoms with Gasteiger partial charge >= 0.3 is 0 Å². The van der Waals surface area contributed by atoms with Gasteiger partial charge in [0.25, 0.3) is 0 Å². The van der Waals surface area contributed by atoms with Crippen LogP contribution in [0.2, 0.25) is 0 Å². The first kappa shape index (κ1) is 16.4. The Bertz CT molecular complexity index is 418. The molecule has 0 amide bonds. The number of likely N-dealkylation sites (N-methyl/N-ethyl adjacent to an activating group) is 2. The van der Waals surface area contributed by atoms with Gasteiger partial charge in [0.15, 0.2) is 0 Å². The van der Waals surface area contributed by atoms with E-state index >= 15 is 0 Å². The van der Waals surface area contributed by atoms with Crippen molar-refractivity contribution in [3.63, 3.8) is 0 Å². The minimum atomic E-state index is 0.423. The molecule has 1 aromatic rings. The Morgan fingerprint density at radius 1 is 1.33 bits per heavy atom. The van der Waals surface area contributed by atoms with Crippen molar-refractivity contribution in [3.8, 4) is 0 Å². The average molecular weight is 294 g/mol. The molecule has 0 radical (unpaired) electrons. The van der Waals surface area contributed by atoms with Crippen LogP contribution < -0.4 is 5.32 Å². The number of nitrogens with one attached hydrogen (secondary N) is 1. The van der Waals surface area contributed by atoms with E-state index in [0.29, 0.717) is 12.1 Å². The molecule has 2 atom stereocenters. The summed E-state index contributed by atoms with van der Waals surface area (Å²) in [6, 6.07) is 0.949. The van der Waals surface area contributed by atoms with Crippen LogP contribution in [-0.2, 0) is 13.0 Å². The van der Waals surface area contributed by atoms with Crippen LogP contribution in [0.25, 0.3) is 0 Å². The van der Waals surface area contributed by atoms with Gasteiger partial charge in [-0.25, -0.2) is 4.98 Å². The molecule has 1 fully saturated rings. The molecule has 0 aliphatic carbocycles. The van der Waals surface area contributed by atoms with E-state index in [9.17, 15) is 0 Å². The first-order chi connectivity index (χ1) is 10.2. The van der Waals surface area contributed by atoms with Crippen LogP contribution in [0.4, 0.5) is 0 Å². The van der Waals surface area contributed by atoms with Gasteiger partial charge in [-0.3, -0.25) is 9.58 Å². The van der Waals surface area contributed by atoms with Crippen molar-refractivity contribution in [2.24, 2.45) is 0 Å². The van der Waals surface area contributed by atoms with Crippen LogP contribution >= 0.6 is 0 Å². The molecule has 2 rings (SSSR count). The Balaban J connectivity index is 2.09. The zero-order valence-electron chi connectivity index (χ0n) is 13.9. The van der Waals surface area contributed by atoms with Gasteiger partial charge in [0.2, 0.25) is 0 Å². The second-order valence-electron chi connectivity index (χ2n) is 6.07. The van der Waals surface area contributed by atoms with E-state index in [1.807, 2.05) is 4.68 Å². The molecule has 1 aliphatic rings. The van der Waals surface area contributed by atoms with Gasteiger partial charge in [-0.1, -0.05) is 6.92 Å². The fraction of sp³-hybridized carbons (Fsp3) is 0.867. The quantitative estimate of drug-likeness (QED) is 0.791. The number of aromatic nitrogens is 3. The van der Waals surface area contributed by atoms with E-state index in [2.05, 4.69) is 53.1 Å². The summed E-state index contributed by atoms with van der Waals surface area (Å²) >= 11 is 0. The predicted octanol–water partition coefficient (Wildman–Crippen LogP) is 0.455. The number of aryl methyl sites for hydroxylation is 1. The molecule has 2 heterocycles. The highest BCUT2D eigenvalue weighted by Gasteiger charge is 2.30. The molecule has 120 valence electrons. The van der Waals surface area contributed by atoms with Gasteiger partial charge in [-0.2, -0.15) is 5.10 Å². The summed E-state index contributed by atoms with van der Waals surface area (Å²) in [6.45, 7) is 9.67. The first-order valence-corrected chi connectivity index (χ1v) is 8.14. The molecule has 1 N–H and O–H groups in total. The molecule has 1 aliphatic heterocycles. The molecule has 2 unspecified atom stereocenters. The van der Waals surface area contributed by atoms with Gasteiger partial charge in [0.05, 0.1) is 0 Å². The third-order valence-corrected chi connectivity index (χ3v) is 4.42. The van der Waals surface area contributed by atoms with E-state index in [1.165, 1.54) is 0 Å². The normalized spacial score (nSPS) is 22.6. The zero-order valence-corrected chi connectivity index (χ0v) is 13.9. The molecule has 6 heteroatoms. The van der Waals surface area contributed by atoms with E-state index in [1.54, 1.807) is 6.33 Å². The summed E-state index contributed by atoms with van der Waals surface area (Å²) in [6.07, 6.45) is 3.77. The molecular weight excluding hydrogens is 264 g/mol. The lowest BCUT2D eigenvalue weighted by Gasteiger charge is -2.42. The Kier molecular flexibility index (Phi) is 6.14. The molecule has 0 spiro atoms. The maximum absolute atomic E-state index is 4.45. The van der Waals surface area contributed by atoms with E-state index < -0.39 is 0 Å². The molecule has 6 nitrogen and oxygen atoms in total. The Labute approximate surface area is 128 Å². The van der Waals surface area contributed by atoms with Crippen molar-refractivity contribution >= 4 is 0 Å². The van der Waals surface area contributed by atoms with Crippen molar-refractivity contribution in [2.75, 3.05) is 40.3 Å². The second kappa shape index (κ2) is 7.87. The van der Waals surface area contributed by atoms with Crippen LogP contribution in [0.5, 0.6) is 0 Å². The van der Waals surface area contributed by atoms with Crippen LogP contribution in [0.15, 0.2) is 6.33 Å². The van der Waals surface area contributed by atoms with Crippen molar-refractivity contribution in [1.82, 2.24) is 29.9 Å². The van der Waals surface area contributed by atoms with E-state index in [4.69, 9.17) is 0 Å². The van der Waals surface area contributed by atoms with E-state index in [-0.39, 0.29) is 0 Å². The smallest absolute Gasteiger partial charge is 0.138 e. The predicted molar refractivity (Wildman–Crippen MR) is 85.4 cm³/mol. The minimum Gasteiger partial charge on any atom is -0.312 e. The molecule has 1 saturated heterocycles. The number of nitrogens with zero attached hydrogens (tertiary/aromatic N) is 5. The molecule has 21 heavy (non-hydrogen) atoms. The van der Waals surface area contributed by atoms with Gasteiger partial charge in [-0.05, 0) is 34.0 Å². The molecule has 0 bridgehead atoms. The summed E-state index contributed by atoms with van der Waals surface area (Å²) in [7, 11) is 4.45. The lowest BCUT2D eigenvalue weighted by atomic mass is 10.00. The highest BCUT2D eigenvalue weighted by molar-refractivity contribution is 4.97. The van der Waals surface area contributed by atoms with Gasteiger partial charge < -0.3 is 10.2 Å². The molecular formula is C15H30N6. The minimum absolute atomic E-state index is 0.423. The fourth-order valence-corrected chi connectivity index (χ4v) is 3.06. The maximum Gasteiger partial charge on any atom is 0.138 e. The number of hydrogen-bond donors (Lipinski definition) is 1. The third kappa shape index (κ3) is 4.25. The lowest BCUT2D eigenvalue weighted by molar-refractivity contribution is 0.0868. The second-order valence-corrected chi connectivity index (χ2v) is 6.07.